The molecular formula is C19H27N2O2+. The molecule has 0 bridgehead atoms. The SMILES string of the molecule is C[C@@H]1C[C@H](C)C[NH+](CC(=O)N[C@@H](C)c2cc3ccccc3o2)C1. The molecule has 2 aromatic rings. The zero-order valence-corrected chi connectivity index (χ0v) is 14.3. The van der Waals surface area contributed by atoms with Gasteiger partial charge in [-0.2, -0.15) is 0 Å². The van der Waals surface area contributed by atoms with Crippen LogP contribution in [0, 0.1) is 11.8 Å². The third-order valence-electron chi connectivity index (χ3n) is 4.74. The highest BCUT2D eigenvalue weighted by Gasteiger charge is 2.27. The first-order valence-corrected chi connectivity index (χ1v) is 8.62. The Bertz CT molecular complexity index is 636. The number of nitrogens with one attached hydrogen (secondary N) is 2. The third-order valence-corrected chi connectivity index (χ3v) is 4.74. The van der Waals surface area contributed by atoms with Crippen molar-refractivity contribution in [2.45, 2.75) is 33.2 Å². The van der Waals surface area contributed by atoms with Crippen LogP contribution in [0.5, 0.6) is 0 Å². The van der Waals surface area contributed by atoms with E-state index in [1.807, 2.05) is 37.3 Å². The number of rotatable bonds is 4. The number of quaternary nitrogens is 1. The zero-order valence-electron chi connectivity index (χ0n) is 14.3. The van der Waals surface area contributed by atoms with Crippen LogP contribution in [-0.4, -0.2) is 25.5 Å². The van der Waals surface area contributed by atoms with Crippen LogP contribution in [0.2, 0.25) is 0 Å². The van der Waals surface area contributed by atoms with Crippen molar-refractivity contribution in [3.63, 3.8) is 0 Å². The Morgan fingerprint density at radius 1 is 1.30 bits per heavy atom. The van der Waals surface area contributed by atoms with E-state index in [2.05, 4.69) is 19.2 Å². The predicted octanol–water partition coefficient (Wildman–Crippen LogP) is 2.17. The van der Waals surface area contributed by atoms with Crippen LogP contribution in [-0.2, 0) is 4.79 Å². The minimum Gasteiger partial charge on any atom is -0.459 e. The summed E-state index contributed by atoms with van der Waals surface area (Å²) in [5.74, 6) is 2.33. The van der Waals surface area contributed by atoms with Gasteiger partial charge in [-0.25, -0.2) is 0 Å². The summed E-state index contributed by atoms with van der Waals surface area (Å²) in [4.78, 5) is 13.7. The molecule has 2 heterocycles. The van der Waals surface area contributed by atoms with E-state index < -0.39 is 0 Å². The minimum absolute atomic E-state index is 0.103. The van der Waals surface area contributed by atoms with Gasteiger partial charge in [-0.1, -0.05) is 32.0 Å². The van der Waals surface area contributed by atoms with Crippen LogP contribution in [0.3, 0.4) is 0 Å². The molecule has 0 aliphatic carbocycles. The smallest absolute Gasteiger partial charge is 0.275 e. The van der Waals surface area contributed by atoms with Crippen LogP contribution < -0.4 is 10.2 Å². The number of amides is 1. The lowest BCUT2D eigenvalue weighted by molar-refractivity contribution is -0.904. The van der Waals surface area contributed by atoms with Crippen LogP contribution in [0.25, 0.3) is 11.0 Å². The van der Waals surface area contributed by atoms with E-state index in [0.29, 0.717) is 18.4 Å². The van der Waals surface area contributed by atoms with Gasteiger partial charge in [0, 0.05) is 17.2 Å². The molecule has 0 spiro atoms. The lowest BCUT2D eigenvalue weighted by atomic mass is 9.92. The van der Waals surface area contributed by atoms with E-state index in [9.17, 15) is 4.79 Å². The quantitative estimate of drug-likeness (QED) is 0.908. The van der Waals surface area contributed by atoms with Crippen molar-refractivity contribution in [2.75, 3.05) is 19.6 Å². The Kier molecular flexibility index (Phi) is 4.71. The molecule has 1 fully saturated rings. The Morgan fingerprint density at radius 2 is 2.00 bits per heavy atom. The second-order valence-electron chi connectivity index (χ2n) is 7.26. The van der Waals surface area contributed by atoms with Gasteiger partial charge < -0.3 is 14.6 Å². The van der Waals surface area contributed by atoms with Gasteiger partial charge in [0.25, 0.3) is 5.91 Å². The number of hydrogen-bond donors (Lipinski definition) is 2. The fourth-order valence-corrected chi connectivity index (χ4v) is 3.87. The summed E-state index contributed by atoms with van der Waals surface area (Å²) in [5, 5.41) is 4.16. The average molecular weight is 315 g/mol. The van der Waals surface area contributed by atoms with Crippen LogP contribution >= 0.6 is 0 Å². The molecule has 3 rings (SSSR count). The maximum absolute atomic E-state index is 12.3. The number of likely N-dealkylation sites (tertiary alicyclic amines) is 1. The maximum atomic E-state index is 12.3. The highest BCUT2D eigenvalue weighted by molar-refractivity contribution is 5.79. The molecule has 1 amide bonds. The van der Waals surface area contributed by atoms with E-state index in [4.69, 9.17) is 4.42 Å². The molecule has 124 valence electrons. The molecule has 1 aliphatic heterocycles. The molecule has 4 atom stereocenters. The molecule has 2 N–H and O–H groups in total. The van der Waals surface area contributed by atoms with Gasteiger partial charge in [-0.3, -0.25) is 4.79 Å². The lowest BCUT2D eigenvalue weighted by Gasteiger charge is -2.31. The number of furan rings is 1. The number of carbonyl (C=O) groups excluding carboxylic acids is 1. The number of hydrogen-bond acceptors (Lipinski definition) is 2. The van der Waals surface area contributed by atoms with Crippen molar-refractivity contribution < 1.29 is 14.1 Å². The van der Waals surface area contributed by atoms with Crippen molar-refractivity contribution in [3.8, 4) is 0 Å². The second kappa shape index (κ2) is 6.75. The topological polar surface area (TPSA) is 46.7 Å². The van der Waals surface area contributed by atoms with Gasteiger partial charge in [0.15, 0.2) is 6.54 Å². The zero-order chi connectivity index (χ0) is 16.4. The summed E-state index contributed by atoms with van der Waals surface area (Å²) in [5.41, 5.74) is 0.868. The number of para-hydroxylation sites is 1. The number of benzene rings is 1. The van der Waals surface area contributed by atoms with Crippen molar-refractivity contribution in [3.05, 3.63) is 36.1 Å². The Morgan fingerprint density at radius 3 is 2.70 bits per heavy atom. The van der Waals surface area contributed by atoms with E-state index in [-0.39, 0.29) is 11.9 Å². The summed E-state index contributed by atoms with van der Waals surface area (Å²) >= 11 is 0. The standard InChI is InChI=1S/C19H26N2O2/c1-13-8-14(2)11-21(10-13)12-19(22)20-15(3)18-9-16-6-4-5-7-17(16)23-18/h4-7,9,13-15H,8,10-12H2,1-3H3,(H,20,22)/p+1/t13-,14+,15-/m0/s1. The van der Waals surface area contributed by atoms with Crippen molar-refractivity contribution in [1.29, 1.82) is 0 Å². The molecule has 4 nitrogen and oxygen atoms in total. The molecule has 1 aliphatic rings. The first-order chi connectivity index (χ1) is 11.0. The van der Waals surface area contributed by atoms with Gasteiger partial charge in [-0.05, 0) is 25.5 Å². The van der Waals surface area contributed by atoms with Crippen molar-refractivity contribution in [2.24, 2.45) is 11.8 Å². The van der Waals surface area contributed by atoms with Crippen LogP contribution in [0.4, 0.5) is 0 Å². The Hall–Kier alpha value is -1.81. The fourth-order valence-electron chi connectivity index (χ4n) is 3.87. The van der Waals surface area contributed by atoms with Gasteiger partial charge in [0.2, 0.25) is 0 Å². The van der Waals surface area contributed by atoms with Gasteiger partial charge >= 0.3 is 0 Å². The van der Waals surface area contributed by atoms with E-state index in [1.165, 1.54) is 11.3 Å². The van der Waals surface area contributed by atoms with Crippen LogP contribution in [0.1, 0.15) is 39.0 Å². The normalized spacial score (nSPS) is 26.1. The summed E-state index contributed by atoms with van der Waals surface area (Å²) in [6, 6.07) is 9.84. The molecule has 1 saturated heterocycles. The highest BCUT2D eigenvalue weighted by atomic mass is 16.3. The van der Waals surface area contributed by atoms with Gasteiger partial charge in [0.05, 0.1) is 19.1 Å². The van der Waals surface area contributed by atoms with Gasteiger partial charge in [0.1, 0.15) is 11.3 Å². The molecule has 1 aromatic carbocycles. The number of fused-ring (bicyclic) bond motifs is 1. The molecule has 4 heteroatoms. The Balaban J connectivity index is 1.58. The van der Waals surface area contributed by atoms with E-state index in [0.717, 1.165) is 29.8 Å². The summed E-state index contributed by atoms with van der Waals surface area (Å²) in [6.45, 7) is 9.29. The van der Waals surface area contributed by atoms with Gasteiger partial charge in [-0.15, -0.1) is 0 Å². The number of piperidine rings is 1. The molecule has 0 saturated carbocycles. The summed E-state index contributed by atoms with van der Waals surface area (Å²) < 4.78 is 5.83. The largest absolute Gasteiger partial charge is 0.459 e. The third kappa shape index (κ3) is 3.94. The van der Waals surface area contributed by atoms with Crippen molar-refractivity contribution in [1.82, 2.24) is 5.32 Å². The molecular weight excluding hydrogens is 288 g/mol. The molecule has 1 unspecified atom stereocenters. The molecule has 0 radical (unpaired) electrons. The monoisotopic (exact) mass is 315 g/mol. The molecule has 23 heavy (non-hydrogen) atoms. The van der Waals surface area contributed by atoms with E-state index >= 15 is 0 Å². The summed E-state index contributed by atoms with van der Waals surface area (Å²) in [6.07, 6.45) is 1.28. The first kappa shape index (κ1) is 16.1. The minimum atomic E-state index is -0.103. The maximum Gasteiger partial charge on any atom is 0.275 e. The molecule has 1 aromatic heterocycles. The van der Waals surface area contributed by atoms with Crippen LogP contribution in [0.15, 0.2) is 34.7 Å². The Labute approximate surface area is 137 Å². The van der Waals surface area contributed by atoms with Crippen molar-refractivity contribution >= 4 is 16.9 Å². The average Bonchev–Trinajstić information content (AvgIpc) is 2.89. The lowest BCUT2D eigenvalue weighted by Crippen LogP contribution is -3.15. The van der Waals surface area contributed by atoms with E-state index in [1.54, 1.807) is 0 Å². The fraction of sp³-hybridized carbons (Fsp3) is 0.526. The summed E-state index contributed by atoms with van der Waals surface area (Å²) in [7, 11) is 0. The predicted molar refractivity (Wildman–Crippen MR) is 91.3 cm³/mol. The number of carbonyl (C=O) groups is 1. The highest BCUT2D eigenvalue weighted by Crippen LogP contribution is 2.23. The first-order valence-electron chi connectivity index (χ1n) is 8.62. The second-order valence-corrected chi connectivity index (χ2v) is 7.26.